The zero-order chi connectivity index (χ0) is 21.6. The van der Waals surface area contributed by atoms with Crippen molar-refractivity contribution in [3.8, 4) is 5.82 Å². The summed E-state index contributed by atoms with van der Waals surface area (Å²) >= 11 is 0. The molecule has 0 aliphatic carbocycles. The van der Waals surface area contributed by atoms with Gasteiger partial charge in [0.15, 0.2) is 11.6 Å². The van der Waals surface area contributed by atoms with Crippen molar-refractivity contribution in [2.75, 3.05) is 29.9 Å². The first-order valence-corrected chi connectivity index (χ1v) is 10.3. The first-order valence-electron chi connectivity index (χ1n) is 10.3. The van der Waals surface area contributed by atoms with Gasteiger partial charge >= 0.3 is 5.97 Å². The van der Waals surface area contributed by atoms with Crippen LogP contribution in [0.3, 0.4) is 0 Å². The van der Waals surface area contributed by atoms with E-state index in [-0.39, 0.29) is 17.8 Å². The standard InChI is InChI=1S/C22H24N6O3/c1-2-31-22(30)16-5-7-18(8-6-16)24-21(29)17-4-3-12-27(14-17)19-9-10-20(26-25-19)28-13-11-23-15-28/h5-11,13,15,17H,2-4,12,14H2,1H3,(H,24,29). The van der Waals surface area contributed by atoms with Gasteiger partial charge in [-0.2, -0.15) is 0 Å². The molecule has 4 rings (SSSR count). The van der Waals surface area contributed by atoms with Gasteiger partial charge in [0.2, 0.25) is 5.91 Å². The highest BCUT2D eigenvalue weighted by molar-refractivity contribution is 5.94. The molecule has 0 spiro atoms. The van der Waals surface area contributed by atoms with Crippen molar-refractivity contribution in [1.82, 2.24) is 19.7 Å². The number of piperidine rings is 1. The summed E-state index contributed by atoms with van der Waals surface area (Å²) in [4.78, 5) is 30.7. The number of imidazole rings is 1. The van der Waals surface area contributed by atoms with Crippen molar-refractivity contribution in [1.29, 1.82) is 0 Å². The lowest BCUT2D eigenvalue weighted by molar-refractivity contribution is -0.120. The van der Waals surface area contributed by atoms with Crippen LogP contribution in [0.25, 0.3) is 5.82 Å². The number of amides is 1. The van der Waals surface area contributed by atoms with E-state index in [1.54, 1.807) is 48.3 Å². The number of carbonyl (C=O) groups is 2. The fourth-order valence-corrected chi connectivity index (χ4v) is 3.57. The number of esters is 1. The number of nitrogens with zero attached hydrogens (tertiary/aromatic N) is 5. The van der Waals surface area contributed by atoms with Crippen molar-refractivity contribution in [3.05, 3.63) is 60.7 Å². The molecular formula is C22H24N6O3. The molecular weight excluding hydrogens is 396 g/mol. The summed E-state index contributed by atoms with van der Waals surface area (Å²) in [5, 5.41) is 11.5. The van der Waals surface area contributed by atoms with Gasteiger partial charge in [-0.05, 0) is 56.2 Å². The molecule has 1 aliphatic heterocycles. The molecule has 1 aromatic carbocycles. The lowest BCUT2D eigenvalue weighted by Crippen LogP contribution is -2.41. The van der Waals surface area contributed by atoms with Crippen molar-refractivity contribution < 1.29 is 14.3 Å². The molecule has 1 amide bonds. The second-order valence-electron chi connectivity index (χ2n) is 7.29. The Morgan fingerprint density at radius 2 is 1.90 bits per heavy atom. The molecule has 1 aliphatic rings. The third kappa shape index (κ3) is 4.88. The van der Waals surface area contributed by atoms with E-state index in [2.05, 4.69) is 25.4 Å². The van der Waals surface area contributed by atoms with Gasteiger partial charge in [-0.25, -0.2) is 9.78 Å². The molecule has 2 aromatic heterocycles. The van der Waals surface area contributed by atoms with E-state index >= 15 is 0 Å². The van der Waals surface area contributed by atoms with E-state index in [1.807, 2.05) is 18.3 Å². The molecule has 3 aromatic rings. The molecule has 1 fully saturated rings. The predicted molar refractivity (Wildman–Crippen MR) is 115 cm³/mol. The molecule has 0 bridgehead atoms. The number of nitrogens with one attached hydrogen (secondary N) is 1. The number of hydrogen-bond acceptors (Lipinski definition) is 7. The summed E-state index contributed by atoms with van der Waals surface area (Å²) in [6.07, 6.45) is 6.87. The molecule has 1 N–H and O–H groups in total. The van der Waals surface area contributed by atoms with E-state index in [0.717, 1.165) is 25.2 Å². The van der Waals surface area contributed by atoms with Crippen LogP contribution in [0.4, 0.5) is 11.5 Å². The van der Waals surface area contributed by atoms with Gasteiger partial charge in [0.25, 0.3) is 0 Å². The quantitative estimate of drug-likeness (QED) is 0.612. The van der Waals surface area contributed by atoms with Crippen LogP contribution in [0.5, 0.6) is 0 Å². The smallest absolute Gasteiger partial charge is 0.338 e. The van der Waals surface area contributed by atoms with Gasteiger partial charge in [0, 0.05) is 31.2 Å². The van der Waals surface area contributed by atoms with E-state index in [4.69, 9.17) is 4.74 Å². The Morgan fingerprint density at radius 1 is 1.13 bits per heavy atom. The summed E-state index contributed by atoms with van der Waals surface area (Å²) in [6, 6.07) is 10.5. The van der Waals surface area contributed by atoms with Crippen molar-refractivity contribution >= 4 is 23.4 Å². The normalized spacial score (nSPS) is 16.0. The summed E-state index contributed by atoms with van der Waals surface area (Å²) in [6.45, 7) is 3.49. The van der Waals surface area contributed by atoms with Crippen LogP contribution in [0, 0.1) is 5.92 Å². The second kappa shape index (κ2) is 9.38. The fourth-order valence-electron chi connectivity index (χ4n) is 3.57. The highest BCUT2D eigenvalue weighted by atomic mass is 16.5. The number of anilines is 2. The molecule has 3 heterocycles. The minimum Gasteiger partial charge on any atom is -0.462 e. The fraction of sp³-hybridized carbons (Fsp3) is 0.318. The monoisotopic (exact) mass is 420 g/mol. The first-order chi connectivity index (χ1) is 15.1. The average molecular weight is 420 g/mol. The highest BCUT2D eigenvalue weighted by Crippen LogP contribution is 2.23. The molecule has 1 unspecified atom stereocenters. The molecule has 1 saturated heterocycles. The van der Waals surface area contributed by atoms with Gasteiger partial charge in [0.05, 0.1) is 18.1 Å². The Labute approximate surface area is 180 Å². The summed E-state index contributed by atoms with van der Waals surface area (Å²) in [7, 11) is 0. The Kier molecular flexibility index (Phi) is 6.21. The third-order valence-corrected chi connectivity index (χ3v) is 5.19. The van der Waals surface area contributed by atoms with Crippen molar-refractivity contribution in [2.45, 2.75) is 19.8 Å². The predicted octanol–water partition coefficient (Wildman–Crippen LogP) is 2.69. The zero-order valence-corrected chi connectivity index (χ0v) is 17.3. The molecule has 9 nitrogen and oxygen atoms in total. The molecule has 0 saturated carbocycles. The van der Waals surface area contributed by atoms with Gasteiger partial charge in [-0.15, -0.1) is 10.2 Å². The minimum absolute atomic E-state index is 0.0448. The Hall–Kier alpha value is -3.75. The summed E-state index contributed by atoms with van der Waals surface area (Å²) in [5.74, 6) is 0.868. The van der Waals surface area contributed by atoms with E-state index in [1.165, 1.54) is 0 Å². The van der Waals surface area contributed by atoms with E-state index in [0.29, 0.717) is 30.2 Å². The Bertz CT molecular complexity index is 1020. The van der Waals surface area contributed by atoms with Crippen LogP contribution < -0.4 is 10.2 Å². The van der Waals surface area contributed by atoms with Gasteiger partial charge in [-0.3, -0.25) is 9.36 Å². The Morgan fingerprint density at radius 3 is 2.58 bits per heavy atom. The van der Waals surface area contributed by atoms with E-state index in [9.17, 15) is 9.59 Å². The largest absolute Gasteiger partial charge is 0.462 e. The van der Waals surface area contributed by atoms with Gasteiger partial charge < -0.3 is 15.0 Å². The molecule has 0 radical (unpaired) electrons. The maximum Gasteiger partial charge on any atom is 0.338 e. The SMILES string of the molecule is CCOC(=O)c1ccc(NC(=O)C2CCCN(c3ccc(-n4ccnc4)nn3)C2)cc1. The average Bonchev–Trinajstić information content (AvgIpc) is 3.35. The lowest BCUT2D eigenvalue weighted by Gasteiger charge is -2.32. The number of carbonyl (C=O) groups excluding carboxylic acids is 2. The third-order valence-electron chi connectivity index (χ3n) is 5.19. The maximum atomic E-state index is 12.8. The lowest BCUT2D eigenvalue weighted by atomic mass is 9.97. The number of ether oxygens (including phenoxy) is 1. The zero-order valence-electron chi connectivity index (χ0n) is 17.3. The van der Waals surface area contributed by atoms with Crippen LogP contribution in [0.2, 0.25) is 0 Å². The van der Waals surface area contributed by atoms with Crippen LogP contribution in [-0.2, 0) is 9.53 Å². The minimum atomic E-state index is -0.372. The topological polar surface area (TPSA) is 102 Å². The van der Waals surface area contributed by atoms with Crippen LogP contribution >= 0.6 is 0 Å². The Balaban J connectivity index is 1.37. The molecule has 160 valence electrons. The van der Waals surface area contributed by atoms with E-state index < -0.39 is 0 Å². The molecule has 31 heavy (non-hydrogen) atoms. The number of aromatic nitrogens is 4. The summed E-state index contributed by atoms with van der Waals surface area (Å²) in [5.41, 5.74) is 1.11. The molecule has 1 atom stereocenters. The van der Waals surface area contributed by atoms with Crippen LogP contribution in [0.15, 0.2) is 55.1 Å². The number of hydrogen-bond donors (Lipinski definition) is 1. The van der Waals surface area contributed by atoms with Crippen LogP contribution in [-0.4, -0.2) is 51.3 Å². The molecule has 9 heteroatoms. The second-order valence-corrected chi connectivity index (χ2v) is 7.29. The summed E-state index contributed by atoms with van der Waals surface area (Å²) < 4.78 is 6.77. The van der Waals surface area contributed by atoms with Gasteiger partial charge in [0.1, 0.15) is 6.33 Å². The maximum absolute atomic E-state index is 12.8. The number of rotatable bonds is 6. The van der Waals surface area contributed by atoms with Gasteiger partial charge in [-0.1, -0.05) is 0 Å². The highest BCUT2D eigenvalue weighted by Gasteiger charge is 2.27. The first kappa shape index (κ1) is 20.5. The van der Waals surface area contributed by atoms with Crippen molar-refractivity contribution in [3.63, 3.8) is 0 Å². The number of benzene rings is 1. The van der Waals surface area contributed by atoms with Crippen LogP contribution in [0.1, 0.15) is 30.1 Å². The van der Waals surface area contributed by atoms with Crippen molar-refractivity contribution in [2.24, 2.45) is 5.92 Å².